The van der Waals surface area contributed by atoms with E-state index in [1.807, 2.05) is 6.07 Å². The molecule has 0 aliphatic rings. The number of hydrogen-bond donors (Lipinski definition) is 2. The molecule has 5 heteroatoms. The SMILES string of the molecule is OC(CNc1ncccn1)c1cccc(Cl)c1. The molecule has 0 aliphatic carbocycles. The van der Waals surface area contributed by atoms with Crippen LogP contribution in [-0.4, -0.2) is 21.6 Å². The van der Waals surface area contributed by atoms with E-state index in [2.05, 4.69) is 15.3 Å². The fourth-order valence-electron chi connectivity index (χ4n) is 1.41. The van der Waals surface area contributed by atoms with E-state index in [9.17, 15) is 5.11 Å². The number of halogens is 1. The minimum absolute atomic E-state index is 0.338. The Morgan fingerprint density at radius 2 is 2.00 bits per heavy atom. The van der Waals surface area contributed by atoms with Gasteiger partial charge in [-0.2, -0.15) is 0 Å². The van der Waals surface area contributed by atoms with Crippen molar-refractivity contribution in [1.82, 2.24) is 9.97 Å². The Kier molecular flexibility index (Phi) is 3.90. The van der Waals surface area contributed by atoms with Crippen molar-refractivity contribution in [3.05, 3.63) is 53.3 Å². The summed E-state index contributed by atoms with van der Waals surface area (Å²) in [5, 5.41) is 13.5. The van der Waals surface area contributed by atoms with E-state index in [1.54, 1.807) is 36.7 Å². The Morgan fingerprint density at radius 3 is 2.71 bits per heavy atom. The van der Waals surface area contributed by atoms with E-state index in [4.69, 9.17) is 11.6 Å². The van der Waals surface area contributed by atoms with Crippen LogP contribution in [0.25, 0.3) is 0 Å². The van der Waals surface area contributed by atoms with Crippen molar-refractivity contribution >= 4 is 17.5 Å². The number of aliphatic hydroxyl groups excluding tert-OH is 1. The topological polar surface area (TPSA) is 58.0 Å². The van der Waals surface area contributed by atoms with E-state index in [0.29, 0.717) is 17.5 Å². The van der Waals surface area contributed by atoms with E-state index >= 15 is 0 Å². The average molecular weight is 250 g/mol. The van der Waals surface area contributed by atoms with Gasteiger partial charge in [0, 0.05) is 24.0 Å². The molecule has 2 aromatic rings. The van der Waals surface area contributed by atoms with Gasteiger partial charge in [-0.3, -0.25) is 0 Å². The largest absolute Gasteiger partial charge is 0.387 e. The summed E-state index contributed by atoms with van der Waals surface area (Å²) in [6, 6.07) is 8.87. The van der Waals surface area contributed by atoms with Crippen LogP contribution in [0.4, 0.5) is 5.95 Å². The van der Waals surface area contributed by atoms with Crippen molar-refractivity contribution in [2.75, 3.05) is 11.9 Å². The summed E-state index contributed by atoms with van der Waals surface area (Å²) in [6.07, 6.45) is 2.64. The Morgan fingerprint density at radius 1 is 1.24 bits per heavy atom. The quantitative estimate of drug-likeness (QED) is 0.873. The van der Waals surface area contributed by atoms with Crippen molar-refractivity contribution in [3.63, 3.8) is 0 Å². The monoisotopic (exact) mass is 249 g/mol. The first-order valence-corrected chi connectivity index (χ1v) is 5.58. The van der Waals surface area contributed by atoms with E-state index < -0.39 is 6.10 Å². The lowest BCUT2D eigenvalue weighted by molar-refractivity contribution is 0.191. The lowest BCUT2D eigenvalue weighted by Gasteiger charge is -2.12. The second-order valence-electron chi connectivity index (χ2n) is 3.52. The number of hydrogen-bond acceptors (Lipinski definition) is 4. The summed E-state index contributed by atoms with van der Waals surface area (Å²) in [7, 11) is 0. The Balaban J connectivity index is 1.96. The highest BCUT2D eigenvalue weighted by Gasteiger charge is 2.07. The molecular formula is C12H12ClN3O. The van der Waals surface area contributed by atoms with E-state index in [1.165, 1.54) is 0 Å². The van der Waals surface area contributed by atoms with Gasteiger partial charge in [0.2, 0.25) is 5.95 Å². The highest BCUT2D eigenvalue weighted by molar-refractivity contribution is 6.30. The van der Waals surface area contributed by atoms with E-state index in [-0.39, 0.29) is 0 Å². The standard InChI is InChI=1S/C12H12ClN3O/c13-10-4-1-3-9(7-10)11(17)8-16-12-14-5-2-6-15-12/h1-7,11,17H,8H2,(H,14,15,16). The molecular weight excluding hydrogens is 238 g/mol. The number of nitrogens with zero attached hydrogens (tertiary/aromatic N) is 2. The molecule has 0 aliphatic heterocycles. The molecule has 1 heterocycles. The number of aliphatic hydroxyl groups is 1. The van der Waals surface area contributed by atoms with Crippen LogP contribution in [0.3, 0.4) is 0 Å². The van der Waals surface area contributed by atoms with Crippen LogP contribution in [0.2, 0.25) is 5.02 Å². The van der Waals surface area contributed by atoms with Gasteiger partial charge < -0.3 is 10.4 Å². The summed E-state index contributed by atoms with van der Waals surface area (Å²) in [5.74, 6) is 0.494. The first-order chi connectivity index (χ1) is 8.25. The maximum atomic E-state index is 9.93. The van der Waals surface area contributed by atoms with Crippen molar-refractivity contribution in [3.8, 4) is 0 Å². The Labute approximate surface area is 104 Å². The minimum atomic E-state index is -0.641. The molecule has 2 rings (SSSR count). The van der Waals surface area contributed by atoms with E-state index in [0.717, 1.165) is 5.56 Å². The molecule has 0 saturated heterocycles. The minimum Gasteiger partial charge on any atom is -0.387 e. The smallest absolute Gasteiger partial charge is 0.222 e. The molecule has 0 amide bonds. The zero-order valence-electron chi connectivity index (χ0n) is 9.05. The Hall–Kier alpha value is -1.65. The fourth-order valence-corrected chi connectivity index (χ4v) is 1.61. The third-order valence-corrected chi connectivity index (χ3v) is 2.49. The van der Waals surface area contributed by atoms with Gasteiger partial charge in [0.1, 0.15) is 0 Å². The van der Waals surface area contributed by atoms with Gasteiger partial charge in [0.15, 0.2) is 0 Å². The van der Waals surface area contributed by atoms with Gasteiger partial charge in [-0.15, -0.1) is 0 Å². The third-order valence-electron chi connectivity index (χ3n) is 2.25. The molecule has 88 valence electrons. The average Bonchev–Trinajstić information content (AvgIpc) is 2.37. The molecule has 0 saturated carbocycles. The van der Waals surface area contributed by atoms with Crippen molar-refractivity contribution in [2.45, 2.75) is 6.10 Å². The first kappa shape index (κ1) is 11.8. The van der Waals surface area contributed by atoms with Gasteiger partial charge in [-0.05, 0) is 23.8 Å². The molecule has 2 N–H and O–H groups in total. The van der Waals surface area contributed by atoms with Crippen LogP contribution in [0.1, 0.15) is 11.7 Å². The zero-order chi connectivity index (χ0) is 12.1. The normalized spacial score (nSPS) is 12.1. The molecule has 17 heavy (non-hydrogen) atoms. The van der Waals surface area contributed by atoms with Gasteiger partial charge >= 0.3 is 0 Å². The van der Waals surface area contributed by atoms with Crippen LogP contribution in [0, 0.1) is 0 Å². The number of benzene rings is 1. The predicted molar refractivity (Wildman–Crippen MR) is 66.9 cm³/mol. The second kappa shape index (κ2) is 5.61. The number of aromatic nitrogens is 2. The maximum Gasteiger partial charge on any atom is 0.222 e. The summed E-state index contributed by atoms with van der Waals surface area (Å²) in [4.78, 5) is 8.01. The zero-order valence-corrected chi connectivity index (χ0v) is 9.80. The van der Waals surface area contributed by atoms with Gasteiger partial charge in [-0.25, -0.2) is 9.97 Å². The maximum absolute atomic E-state index is 9.93. The first-order valence-electron chi connectivity index (χ1n) is 5.20. The van der Waals surface area contributed by atoms with Gasteiger partial charge in [0.05, 0.1) is 6.10 Å². The number of nitrogens with one attached hydrogen (secondary N) is 1. The van der Waals surface area contributed by atoms with Crippen molar-refractivity contribution < 1.29 is 5.11 Å². The summed E-state index contributed by atoms with van der Waals surface area (Å²) >= 11 is 5.85. The summed E-state index contributed by atoms with van der Waals surface area (Å²) < 4.78 is 0. The number of anilines is 1. The predicted octanol–water partition coefficient (Wildman–Crippen LogP) is 2.28. The van der Waals surface area contributed by atoms with Crippen LogP contribution < -0.4 is 5.32 Å². The van der Waals surface area contributed by atoms with Crippen LogP contribution in [0.5, 0.6) is 0 Å². The molecule has 1 aromatic carbocycles. The van der Waals surface area contributed by atoms with Crippen LogP contribution in [-0.2, 0) is 0 Å². The lowest BCUT2D eigenvalue weighted by Crippen LogP contribution is -2.13. The molecule has 0 fully saturated rings. The molecule has 0 bridgehead atoms. The summed E-state index contributed by atoms with van der Waals surface area (Å²) in [6.45, 7) is 0.338. The third kappa shape index (κ3) is 3.41. The molecule has 0 spiro atoms. The molecule has 1 unspecified atom stereocenters. The highest BCUT2D eigenvalue weighted by Crippen LogP contribution is 2.17. The van der Waals surface area contributed by atoms with Gasteiger partial charge in [-0.1, -0.05) is 23.7 Å². The molecule has 1 atom stereocenters. The van der Waals surface area contributed by atoms with Crippen LogP contribution in [0.15, 0.2) is 42.7 Å². The second-order valence-corrected chi connectivity index (χ2v) is 3.96. The summed E-state index contributed by atoms with van der Waals surface area (Å²) in [5.41, 5.74) is 0.765. The lowest BCUT2D eigenvalue weighted by atomic mass is 10.1. The molecule has 4 nitrogen and oxygen atoms in total. The van der Waals surface area contributed by atoms with Gasteiger partial charge in [0.25, 0.3) is 0 Å². The molecule has 0 radical (unpaired) electrons. The number of rotatable bonds is 4. The highest BCUT2D eigenvalue weighted by atomic mass is 35.5. The fraction of sp³-hybridized carbons (Fsp3) is 0.167. The molecule has 1 aromatic heterocycles. The van der Waals surface area contributed by atoms with Crippen molar-refractivity contribution in [2.24, 2.45) is 0 Å². The van der Waals surface area contributed by atoms with Crippen molar-refractivity contribution in [1.29, 1.82) is 0 Å². The Bertz CT molecular complexity index is 478. The van der Waals surface area contributed by atoms with Crippen LogP contribution >= 0.6 is 11.6 Å².